The molecule has 2 rings (SSSR count). The molecule has 128 valence electrons. The average molecular weight is 340 g/mol. The summed E-state index contributed by atoms with van der Waals surface area (Å²) in [7, 11) is -0.447. The fourth-order valence-electron chi connectivity index (χ4n) is 2.70. The molecule has 1 aromatic carbocycles. The maximum absolute atomic E-state index is 12.1. The van der Waals surface area contributed by atoms with Crippen LogP contribution in [-0.4, -0.2) is 52.4 Å². The molecule has 1 saturated heterocycles. The largest absolute Gasteiger partial charge is 0.327 e. The minimum Gasteiger partial charge on any atom is -0.327 e. The Bertz CT molecular complexity index is 633. The van der Waals surface area contributed by atoms with E-state index >= 15 is 0 Å². The van der Waals surface area contributed by atoms with Crippen molar-refractivity contribution in [1.29, 1.82) is 0 Å². The lowest BCUT2D eigenvalue weighted by Crippen LogP contribution is -3.14. The SMILES string of the molecule is CC1CC[NH+](CC(=O)Nc2ccc(S(=O)(=O)N(C)C)cc2)CC1. The van der Waals surface area contributed by atoms with Crippen LogP contribution in [-0.2, 0) is 14.8 Å². The Hall–Kier alpha value is -1.44. The number of hydrogen-bond acceptors (Lipinski definition) is 3. The zero-order valence-corrected chi connectivity index (χ0v) is 14.8. The lowest BCUT2D eigenvalue weighted by molar-refractivity contribution is -0.897. The molecule has 0 aromatic heterocycles. The van der Waals surface area contributed by atoms with Crippen LogP contribution in [0.2, 0.25) is 0 Å². The van der Waals surface area contributed by atoms with Crippen LogP contribution in [0.5, 0.6) is 0 Å². The molecular formula is C16H26N3O3S+. The number of nitrogens with one attached hydrogen (secondary N) is 2. The van der Waals surface area contributed by atoms with Crippen molar-refractivity contribution < 1.29 is 18.1 Å². The number of anilines is 1. The van der Waals surface area contributed by atoms with E-state index in [9.17, 15) is 13.2 Å². The first-order chi connectivity index (χ1) is 10.8. The summed E-state index contributed by atoms with van der Waals surface area (Å²) in [5.41, 5.74) is 0.623. The molecule has 23 heavy (non-hydrogen) atoms. The van der Waals surface area contributed by atoms with Crippen LogP contribution in [0, 0.1) is 5.92 Å². The van der Waals surface area contributed by atoms with E-state index in [4.69, 9.17) is 0 Å². The zero-order chi connectivity index (χ0) is 17.0. The summed E-state index contributed by atoms with van der Waals surface area (Å²) in [5.74, 6) is 0.728. The van der Waals surface area contributed by atoms with Crippen molar-refractivity contribution in [2.75, 3.05) is 39.0 Å². The molecule has 0 radical (unpaired) electrons. The Labute approximate surface area is 138 Å². The summed E-state index contributed by atoms with van der Waals surface area (Å²) in [6.45, 7) is 4.79. The molecule has 1 aliphatic heterocycles. The fraction of sp³-hybridized carbons (Fsp3) is 0.562. The number of quaternary nitrogens is 1. The second kappa shape index (κ2) is 7.42. The van der Waals surface area contributed by atoms with Crippen LogP contribution in [0.25, 0.3) is 0 Å². The van der Waals surface area contributed by atoms with Crippen molar-refractivity contribution in [2.24, 2.45) is 5.92 Å². The normalized spacial score (nSPS) is 22.1. The molecule has 1 aliphatic rings. The van der Waals surface area contributed by atoms with E-state index in [1.54, 1.807) is 12.1 Å². The van der Waals surface area contributed by atoms with Gasteiger partial charge in [-0.15, -0.1) is 0 Å². The van der Waals surface area contributed by atoms with Gasteiger partial charge in [0.1, 0.15) is 0 Å². The highest BCUT2D eigenvalue weighted by atomic mass is 32.2. The molecule has 0 unspecified atom stereocenters. The van der Waals surface area contributed by atoms with Crippen molar-refractivity contribution >= 4 is 21.6 Å². The Kier molecular flexibility index (Phi) is 5.78. The number of carbonyl (C=O) groups excluding carboxylic acids is 1. The third kappa shape index (κ3) is 4.76. The second-order valence-electron chi connectivity index (χ2n) is 6.47. The van der Waals surface area contributed by atoms with E-state index in [1.165, 1.54) is 48.3 Å². The molecule has 6 nitrogen and oxygen atoms in total. The number of sulfonamides is 1. The number of benzene rings is 1. The standard InChI is InChI=1S/C16H25N3O3S/c1-13-8-10-19(11-9-13)12-16(20)17-14-4-6-15(7-5-14)23(21,22)18(2)3/h4-7,13H,8-12H2,1-3H3,(H,17,20)/p+1. The van der Waals surface area contributed by atoms with E-state index in [1.807, 2.05) is 0 Å². The van der Waals surface area contributed by atoms with Gasteiger partial charge in [0.2, 0.25) is 10.0 Å². The number of hydrogen-bond donors (Lipinski definition) is 2. The lowest BCUT2D eigenvalue weighted by Gasteiger charge is -2.26. The first-order valence-electron chi connectivity index (χ1n) is 7.95. The molecule has 1 amide bonds. The van der Waals surface area contributed by atoms with E-state index < -0.39 is 10.0 Å². The number of likely N-dealkylation sites (tertiary alicyclic amines) is 1. The van der Waals surface area contributed by atoms with Gasteiger partial charge in [-0.2, -0.15) is 0 Å². The minimum atomic E-state index is -3.43. The van der Waals surface area contributed by atoms with Gasteiger partial charge in [-0.25, -0.2) is 12.7 Å². The van der Waals surface area contributed by atoms with Gasteiger partial charge in [0.25, 0.3) is 5.91 Å². The summed E-state index contributed by atoms with van der Waals surface area (Å²) in [6, 6.07) is 6.28. The Morgan fingerprint density at radius 1 is 1.22 bits per heavy atom. The van der Waals surface area contributed by atoms with E-state index in [0.29, 0.717) is 12.2 Å². The summed E-state index contributed by atoms with van der Waals surface area (Å²) < 4.78 is 25.1. The second-order valence-corrected chi connectivity index (χ2v) is 8.62. The number of piperidine rings is 1. The number of carbonyl (C=O) groups is 1. The predicted octanol–water partition coefficient (Wildman–Crippen LogP) is 0.190. The van der Waals surface area contributed by atoms with Gasteiger partial charge in [0.15, 0.2) is 6.54 Å². The molecule has 0 saturated carbocycles. The third-order valence-electron chi connectivity index (χ3n) is 4.31. The molecule has 1 heterocycles. The van der Waals surface area contributed by atoms with Gasteiger partial charge < -0.3 is 10.2 Å². The molecule has 1 fully saturated rings. The molecule has 7 heteroatoms. The van der Waals surface area contributed by atoms with Crippen LogP contribution in [0.3, 0.4) is 0 Å². The zero-order valence-electron chi connectivity index (χ0n) is 14.0. The smallest absolute Gasteiger partial charge is 0.279 e. The van der Waals surface area contributed by atoms with Crippen LogP contribution >= 0.6 is 0 Å². The minimum absolute atomic E-state index is 0.0298. The van der Waals surface area contributed by atoms with Gasteiger partial charge in [0.05, 0.1) is 18.0 Å². The molecule has 2 N–H and O–H groups in total. The van der Waals surface area contributed by atoms with Crippen molar-refractivity contribution in [2.45, 2.75) is 24.7 Å². The Morgan fingerprint density at radius 2 is 1.78 bits per heavy atom. The highest BCUT2D eigenvalue weighted by molar-refractivity contribution is 7.89. The first kappa shape index (κ1) is 17.9. The number of rotatable bonds is 5. The van der Waals surface area contributed by atoms with E-state index in [2.05, 4.69) is 12.2 Å². The maximum Gasteiger partial charge on any atom is 0.279 e. The van der Waals surface area contributed by atoms with Gasteiger partial charge in [-0.3, -0.25) is 4.79 Å². The van der Waals surface area contributed by atoms with Crippen LogP contribution < -0.4 is 10.2 Å². The summed E-state index contributed by atoms with van der Waals surface area (Å²) in [5, 5.41) is 2.84. The topological polar surface area (TPSA) is 70.9 Å². The van der Waals surface area contributed by atoms with Gasteiger partial charge in [0, 0.05) is 19.8 Å². The van der Waals surface area contributed by atoms with Crippen LogP contribution in [0.1, 0.15) is 19.8 Å². The highest BCUT2D eigenvalue weighted by Gasteiger charge is 2.21. The monoisotopic (exact) mass is 340 g/mol. The van der Waals surface area contributed by atoms with E-state index in [-0.39, 0.29) is 10.8 Å². The molecule has 1 aromatic rings. The van der Waals surface area contributed by atoms with Crippen LogP contribution in [0.15, 0.2) is 29.2 Å². The fourth-order valence-corrected chi connectivity index (χ4v) is 3.60. The number of nitrogens with zero attached hydrogens (tertiary/aromatic N) is 1. The van der Waals surface area contributed by atoms with Crippen LogP contribution in [0.4, 0.5) is 5.69 Å². The highest BCUT2D eigenvalue weighted by Crippen LogP contribution is 2.16. The first-order valence-corrected chi connectivity index (χ1v) is 9.39. The quantitative estimate of drug-likeness (QED) is 0.804. The Morgan fingerprint density at radius 3 is 2.30 bits per heavy atom. The Balaban J connectivity index is 1.92. The lowest BCUT2D eigenvalue weighted by atomic mass is 9.99. The van der Waals surface area contributed by atoms with Crippen molar-refractivity contribution in [1.82, 2.24) is 4.31 Å². The number of amides is 1. The summed E-state index contributed by atoms with van der Waals surface area (Å²) in [4.78, 5) is 13.6. The van der Waals surface area contributed by atoms with Crippen molar-refractivity contribution in [3.8, 4) is 0 Å². The molecule has 0 spiro atoms. The summed E-state index contributed by atoms with van der Waals surface area (Å²) >= 11 is 0. The summed E-state index contributed by atoms with van der Waals surface area (Å²) in [6.07, 6.45) is 2.33. The average Bonchev–Trinajstić information content (AvgIpc) is 2.50. The van der Waals surface area contributed by atoms with Gasteiger partial charge in [-0.1, -0.05) is 6.92 Å². The van der Waals surface area contributed by atoms with Gasteiger partial charge in [-0.05, 0) is 43.0 Å². The third-order valence-corrected chi connectivity index (χ3v) is 6.14. The van der Waals surface area contributed by atoms with Crippen molar-refractivity contribution in [3.05, 3.63) is 24.3 Å². The van der Waals surface area contributed by atoms with E-state index in [0.717, 1.165) is 19.0 Å². The maximum atomic E-state index is 12.1. The predicted molar refractivity (Wildman–Crippen MR) is 89.9 cm³/mol. The molecule has 0 aliphatic carbocycles. The molecular weight excluding hydrogens is 314 g/mol. The molecule has 0 atom stereocenters. The van der Waals surface area contributed by atoms with Gasteiger partial charge >= 0.3 is 0 Å². The van der Waals surface area contributed by atoms with Crippen molar-refractivity contribution in [3.63, 3.8) is 0 Å². The molecule has 0 bridgehead atoms.